The molecule has 0 radical (unpaired) electrons. The molecular formula is C9H15NO2. The van der Waals surface area contributed by atoms with E-state index in [0.29, 0.717) is 13.2 Å². The van der Waals surface area contributed by atoms with Crippen LogP contribution in [-0.2, 0) is 11.3 Å². The number of methoxy groups -OCH3 is 1. The highest BCUT2D eigenvalue weighted by atomic mass is 16.5. The van der Waals surface area contributed by atoms with Crippen molar-refractivity contribution in [2.24, 2.45) is 5.73 Å². The van der Waals surface area contributed by atoms with Crippen molar-refractivity contribution in [2.45, 2.75) is 19.4 Å². The summed E-state index contributed by atoms with van der Waals surface area (Å²) in [6, 6.07) is 3.87. The molecule has 1 aromatic rings. The van der Waals surface area contributed by atoms with Crippen molar-refractivity contribution in [2.75, 3.05) is 13.7 Å². The number of hydrogen-bond acceptors (Lipinski definition) is 3. The predicted octanol–water partition coefficient (Wildman–Crippen LogP) is 1.49. The molecule has 0 spiro atoms. The maximum atomic E-state index is 5.50. The summed E-state index contributed by atoms with van der Waals surface area (Å²) in [6.45, 7) is 3.17. The van der Waals surface area contributed by atoms with Crippen LogP contribution in [0.1, 0.15) is 24.4 Å². The molecule has 0 saturated heterocycles. The summed E-state index contributed by atoms with van der Waals surface area (Å²) >= 11 is 0. The minimum atomic E-state index is 0.288. The highest BCUT2D eigenvalue weighted by Gasteiger charge is 2.07. The lowest BCUT2D eigenvalue weighted by atomic mass is 10.1. The quantitative estimate of drug-likeness (QED) is 0.742. The summed E-state index contributed by atoms with van der Waals surface area (Å²) in [5.74, 6) is 2.08. The van der Waals surface area contributed by atoms with Crippen molar-refractivity contribution < 1.29 is 9.15 Å². The molecule has 0 aliphatic carbocycles. The fourth-order valence-electron chi connectivity index (χ4n) is 0.995. The Hall–Kier alpha value is -0.800. The van der Waals surface area contributed by atoms with E-state index in [1.54, 1.807) is 7.11 Å². The number of hydrogen-bond donors (Lipinski definition) is 1. The predicted molar refractivity (Wildman–Crippen MR) is 46.9 cm³/mol. The Morgan fingerprint density at radius 1 is 1.58 bits per heavy atom. The molecule has 0 bridgehead atoms. The van der Waals surface area contributed by atoms with Crippen LogP contribution in [0.25, 0.3) is 0 Å². The van der Waals surface area contributed by atoms with Crippen molar-refractivity contribution in [3.8, 4) is 0 Å². The Balaban J connectivity index is 2.63. The molecule has 1 atom stereocenters. The van der Waals surface area contributed by atoms with Gasteiger partial charge in [0.05, 0.1) is 0 Å². The monoisotopic (exact) mass is 169 g/mol. The third-order valence-corrected chi connectivity index (χ3v) is 1.81. The molecule has 1 heterocycles. The first-order valence-corrected chi connectivity index (χ1v) is 4.05. The Bertz CT molecular complexity index is 232. The normalized spacial score (nSPS) is 13.2. The van der Waals surface area contributed by atoms with E-state index in [-0.39, 0.29) is 5.92 Å². The van der Waals surface area contributed by atoms with E-state index in [1.165, 1.54) is 0 Å². The first kappa shape index (κ1) is 9.29. The molecule has 0 aliphatic heterocycles. The van der Waals surface area contributed by atoms with Gasteiger partial charge in [-0.25, -0.2) is 0 Å². The Labute approximate surface area is 72.5 Å². The Kier molecular flexibility index (Phi) is 3.31. The fraction of sp³-hybridized carbons (Fsp3) is 0.556. The summed E-state index contributed by atoms with van der Waals surface area (Å²) in [7, 11) is 1.65. The van der Waals surface area contributed by atoms with E-state index in [1.807, 2.05) is 19.1 Å². The van der Waals surface area contributed by atoms with Crippen molar-refractivity contribution >= 4 is 0 Å². The van der Waals surface area contributed by atoms with Gasteiger partial charge in [-0.2, -0.15) is 0 Å². The summed E-state index contributed by atoms with van der Waals surface area (Å²) < 4.78 is 10.4. The molecule has 0 aromatic carbocycles. The third kappa shape index (κ3) is 2.09. The van der Waals surface area contributed by atoms with Crippen LogP contribution in [0.15, 0.2) is 16.5 Å². The van der Waals surface area contributed by atoms with Crippen molar-refractivity contribution in [3.63, 3.8) is 0 Å². The average molecular weight is 169 g/mol. The molecule has 2 N–H and O–H groups in total. The second-order valence-electron chi connectivity index (χ2n) is 2.87. The van der Waals surface area contributed by atoms with Gasteiger partial charge in [0.2, 0.25) is 0 Å². The molecule has 0 fully saturated rings. The van der Waals surface area contributed by atoms with Crippen LogP contribution in [0.5, 0.6) is 0 Å². The van der Waals surface area contributed by atoms with E-state index in [4.69, 9.17) is 14.9 Å². The van der Waals surface area contributed by atoms with E-state index < -0.39 is 0 Å². The summed E-state index contributed by atoms with van der Waals surface area (Å²) in [4.78, 5) is 0. The van der Waals surface area contributed by atoms with Gasteiger partial charge in [0.1, 0.15) is 18.1 Å². The third-order valence-electron chi connectivity index (χ3n) is 1.81. The van der Waals surface area contributed by atoms with Crippen LogP contribution in [-0.4, -0.2) is 13.7 Å². The van der Waals surface area contributed by atoms with Gasteiger partial charge >= 0.3 is 0 Å². The largest absolute Gasteiger partial charge is 0.463 e. The zero-order valence-electron chi connectivity index (χ0n) is 7.54. The number of ether oxygens (including phenoxy) is 1. The van der Waals surface area contributed by atoms with Crippen LogP contribution in [0.4, 0.5) is 0 Å². The fourth-order valence-corrected chi connectivity index (χ4v) is 0.995. The number of furan rings is 1. The first-order valence-electron chi connectivity index (χ1n) is 4.05. The second-order valence-corrected chi connectivity index (χ2v) is 2.87. The SMILES string of the molecule is COCc1ccc(C(C)CN)o1. The molecule has 0 saturated carbocycles. The lowest BCUT2D eigenvalue weighted by Crippen LogP contribution is -2.07. The summed E-state index contributed by atoms with van der Waals surface area (Å²) in [5, 5.41) is 0. The number of nitrogens with two attached hydrogens (primary N) is 1. The molecule has 0 aliphatic rings. The van der Waals surface area contributed by atoms with E-state index >= 15 is 0 Å². The van der Waals surface area contributed by atoms with Gasteiger partial charge in [-0.3, -0.25) is 0 Å². The van der Waals surface area contributed by atoms with Crippen LogP contribution in [0, 0.1) is 0 Å². The minimum Gasteiger partial charge on any atom is -0.463 e. The standard InChI is InChI=1S/C9H15NO2/c1-7(5-10)9-4-3-8(12-9)6-11-2/h3-4,7H,5-6,10H2,1-2H3. The van der Waals surface area contributed by atoms with Crippen molar-refractivity contribution in [3.05, 3.63) is 23.7 Å². The van der Waals surface area contributed by atoms with Gasteiger partial charge in [0.15, 0.2) is 0 Å². The molecule has 0 amide bonds. The lowest BCUT2D eigenvalue weighted by molar-refractivity contribution is 0.162. The molecule has 12 heavy (non-hydrogen) atoms. The number of rotatable bonds is 4. The topological polar surface area (TPSA) is 48.4 Å². The molecule has 3 heteroatoms. The summed E-state index contributed by atoms with van der Waals surface area (Å²) in [5.41, 5.74) is 5.50. The van der Waals surface area contributed by atoms with Crippen molar-refractivity contribution in [1.29, 1.82) is 0 Å². The molecule has 1 unspecified atom stereocenters. The zero-order chi connectivity index (χ0) is 8.97. The maximum Gasteiger partial charge on any atom is 0.129 e. The van der Waals surface area contributed by atoms with Gasteiger partial charge in [-0.15, -0.1) is 0 Å². The van der Waals surface area contributed by atoms with Crippen molar-refractivity contribution in [1.82, 2.24) is 0 Å². The summed E-state index contributed by atoms with van der Waals surface area (Å²) in [6.07, 6.45) is 0. The zero-order valence-corrected chi connectivity index (χ0v) is 7.54. The lowest BCUT2D eigenvalue weighted by Gasteiger charge is -2.02. The Morgan fingerprint density at radius 2 is 2.33 bits per heavy atom. The van der Waals surface area contributed by atoms with Gasteiger partial charge in [0, 0.05) is 19.6 Å². The average Bonchev–Trinajstić information content (AvgIpc) is 2.52. The van der Waals surface area contributed by atoms with Gasteiger partial charge in [-0.05, 0) is 12.1 Å². The first-order chi connectivity index (χ1) is 5.77. The van der Waals surface area contributed by atoms with E-state index in [0.717, 1.165) is 11.5 Å². The van der Waals surface area contributed by atoms with Gasteiger partial charge in [-0.1, -0.05) is 6.92 Å². The molecule has 1 rings (SSSR count). The molecular weight excluding hydrogens is 154 g/mol. The minimum absolute atomic E-state index is 0.288. The molecule has 68 valence electrons. The smallest absolute Gasteiger partial charge is 0.129 e. The van der Waals surface area contributed by atoms with Crippen LogP contribution in [0.3, 0.4) is 0 Å². The van der Waals surface area contributed by atoms with Gasteiger partial charge in [0.25, 0.3) is 0 Å². The molecule has 3 nitrogen and oxygen atoms in total. The van der Waals surface area contributed by atoms with E-state index in [2.05, 4.69) is 0 Å². The van der Waals surface area contributed by atoms with Crippen LogP contribution in [0.2, 0.25) is 0 Å². The van der Waals surface area contributed by atoms with E-state index in [9.17, 15) is 0 Å². The molecule has 1 aromatic heterocycles. The Morgan fingerprint density at radius 3 is 2.92 bits per heavy atom. The van der Waals surface area contributed by atoms with Gasteiger partial charge < -0.3 is 14.9 Å². The highest BCUT2D eigenvalue weighted by Crippen LogP contribution is 2.17. The maximum absolute atomic E-state index is 5.50. The highest BCUT2D eigenvalue weighted by molar-refractivity contribution is 5.10. The van der Waals surface area contributed by atoms with Crippen LogP contribution < -0.4 is 5.73 Å². The van der Waals surface area contributed by atoms with Crippen LogP contribution >= 0.6 is 0 Å². The second kappa shape index (κ2) is 4.28.